The molecule has 0 bridgehead atoms. The van der Waals surface area contributed by atoms with Crippen molar-refractivity contribution in [2.45, 2.75) is 52.1 Å². The number of nitrogens with zero attached hydrogens (tertiary/aromatic N) is 4. The Balaban J connectivity index is 1.42. The summed E-state index contributed by atoms with van der Waals surface area (Å²) in [5.74, 6) is 1.47. The number of aryl methyl sites for hydroxylation is 1. The van der Waals surface area contributed by atoms with Crippen molar-refractivity contribution in [3.63, 3.8) is 0 Å². The summed E-state index contributed by atoms with van der Waals surface area (Å²) in [7, 11) is 0. The Morgan fingerprint density at radius 2 is 2.00 bits per heavy atom. The lowest BCUT2D eigenvalue weighted by Gasteiger charge is -2.36. The summed E-state index contributed by atoms with van der Waals surface area (Å²) < 4.78 is 5.12. The Kier molecular flexibility index (Phi) is 5.67. The first-order valence-corrected chi connectivity index (χ1v) is 9.19. The third-order valence-corrected chi connectivity index (χ3v) is 5.07. The van der Waals surface area contributed by atoms with Crippen molar-refractivity contribution in [1.29, 1.82) is 0 Å². The number of rotatable bonds is 6. The Hall–Kier alpha value is -1.96. The van der Waals surface area contributed by atoms with Gasteiger partial charge in [0.1, 0.15) is 6.04 Å². The maximum atomic E-state index is 12.5. The predicted molar refractivity (Wildman–Crippen MR) is 90.5 cm³/mol. The fourth-order valence-corrected chi connectivity index (χ4v) is 3.16. The van der Waals surface area contributed by atoms with Gasteiger partial charge in [0.15, 0.2) is 5.82 Å². The molecule has 8 heteroatoms. The molecule has 1 aromatic rings. The number of aromatic nitrogens is 2. The number of piperazine rings is 1. The van der Waals surface area contributed by atoms with Crippen LogP contribution < -0.4 is 5.32 Å². The molecule has 1 aliphatic heterocycles. The van der Waals surface area contributed by atoms with Gasteiger partial charge in [-0.1, -0.05) is 18.5 Å². The molecule has 2 amide bonds. The average Bonchev–Trinajstić information content (AvgIpc) is 3.00. The van der Waals surface area contributed by atoms with Gasteiger partial charge in [-0.15, -0.1) is 0 Å². The van der Waals surface area contributed by atoms with Crippen molar-refractivity contribution in [3.05, 3.63) is 11.7 Å². The summed E-state index contributed by atoms with van der Waals surface area (Å²) in [6, 6.07) is -0.455. The number of hydrogen-bond acceptors (Lipinski definition) is 6. The Morgan fingerprint density at radius 1 is 1.28 bits per heavy atom. The molecule has 2 aliphatic rings. The predicted octanol–water partition coefficient (Wildman–Crippen LogP) is 0.581. The summed E-state index contributed by atoms with van der Waals surface area (Å²) in [6.07, 6.45) is 3.74. The van der Waals surface area contributed by atoms with Crippen LogP contribution in [0.3, 0.4) is 0 Å². The van der Waals surface area contributed by atoms with Gasteiger partial charge in [0.05, 0.1) is 6.54 Å². The number of amides is 2. The minimum Gasteiger partial charge on any atom is -0.344 e. The standard InChI is InChI=1S/C17H27N5O3/c1-3-15-19-14(20-25-15)11-21-7-9-22(10-8-21)17(24)12(2)18-16(23)13-5-4-6-13/h12-13H,3-11H2,1-2H3,(H,18,23). The normalized spacial score (nSPS) is 20.2. The maximum absolute atomic E-state index is 12.5. The molecule has 1 saturated carbocycles. The molecule has 2 heterocycles. The van der Waals surface area contributed by atoms with Gasteiger partial charge in [0.25, 0.3) is 0 Å². The van der Waals surface area contributed by atoms with Crippen LogP contribution in [0.1, 0.15) is 44.8 Å². The molecule has 8 nitrogen and oxygen atoms in total. The summed E-state index contributed by atoms with van der Waals surface area (Å²) in [5.41, 5.74) is 0. The molecule has 138 valence electrons. The van der Waals surface area contributed by atoms with E-state index in [0.29, 0.717) is 31.3 Å². The van der Waals surface area contributed by atoms with Gasteiger partial charge in [-0.05, 0) is 19.8 Å². The fraction of sp³-hybridized carbons (Fsp3) is 0.765. The van der Waals surface area contributed by atoms with E-state index < -0.39 is 6.04 Å². The molecule has 1 aromatic heterocycles. The SMILES string of the molecule is CCc1nc(CN2CCN(C(=O)C(C)NC(=O)C3CCC3)CC2)no1. The third-order valence-electron chi connectivity index (χ3n) is 5.07. The van der Waals surface area contributed by atoms with E-state index in [4.69, 9.17) is 4.52 Å². The molecule has 1 unspecified atom stereocenters. The topological polar surface area (TPSA) is 91.6 Å². The minimum atomic E-state index is -0.455. The number of hydrogen-bond donors (Lipinski definition) is 1. The Labute approximate surface area is 147 Å². The molecule has 3 rings (SSSR count). The van der Waals surface area contributed by atoms with E-state index >= 15 is 0 Å². The molecule has 2 fully saturated rings. The first kappa shape index (κ1) is 17.8. The van der Waals surface area contributed by atoms with Gasteiger partial charge in [-0.2, -0.15) is 4.98 Å². The van der Waals surface area contributed by atoms with Crippen molar-refractivity contribution < 1.29 is 14.1 Å². The van der Waals surface area contributed by atoms with E-state index in [-0.39, 0.29) is 17.7 Å². The van der Waals surface area contributed by atoms with Crippen LogP contribution in [0.2, 0.25) is 0 Å². The van der Waals surface area contributed by atoms with Crippen molar-refractivity contribution in [2.24, 2.45) is 5.92 Å². The largest absolute Gasteiger partial charge is 0.344 e. The van der Waals surface area contributed by atoms with Crippen molar-refractivity contribution in [1.82, 2.24) is 25.3 Å². The second kappa shape index (κ2) is 7.95. The zero-order valence-corrected chi connectivity index (χ0v) is 15.0. The van der Waals surface area contributed by atoms with Gasteiger partial charge < -0.3 is 14.7 Å². The molecule has 1 saturated heterocycles. The second-order valence-corrected chi connectivity index (χ2v) is 6.92. The van der Waals surface area contributed by atoms with Crippen LogP contribution in [-0.4, -0.2) is 64.0 Å². The molecular formula is C17H27N5O3. The lowest BCUT2D eigenvalue weighted by molar-refractivity contribution is -0.139. The second-order valence-electron chi connectivity index (χ2n) is 6.92. The molecular weight excluding hydrogens is 322 g/mol. The molecule has 1 N–H and O–H groups in total. The van der Waals surface area contributed by atoms with E-state index in [0.717, 1.165) is 38.8 Å². The van der Waals surface area contributed by atoms with Crippen molar-refractivity contribution >= 4 is 11.8 Å². The zero-order valence-electron chi connectivity index (χ0n) is 15.0. The Morgan fingerprint density at radius 3 is 2.56 bits per heavy atom. The van der Waals surface area contributed by atoms with Crippen molar-refractivity contribution in [2.75, 3.05) is 26.2 Å². The van der Waals surface area contributed by atoms with Gasteiger partial charge in [-0.25, -0.2) is 0 Å². The van der Waals surface area contributed by atoms with Crippen LogP contribution in [0.5, 0.6) is 0 Å². The quantitative estimate of drug-likeness (QED) is 0.808. The van der Waals surface area contributed by atoms with Gasteiger partial charge in [0, 0.05) is 38.5 Å². The van der Waals surface area contributed by atoms with E-state index in [1.807, 2.05) is 11.8 Å². The van der Waals surface area contributed by atoms with Crippen molar-refractivity contribution in [3.8, 4) is 0 Å². The van der Waals surface area contributed by atoms with Gasteiger partial charge in [0.2, 0.25) is 17.7 Å². The first-order valence-electron chi connectivity index (χ1n) is 9.19. The van der Waals surface area contributed by atoms with E-state index in [9.17, 15) is 9.59 Å². The van der Waals surface area contributed by atoms with Gasteiger partial charge >= 0.3 is 0 Å². The van der Waals surface area contributed by atoms with Crippen LogP contribution in [0.4, 0.5) is 0 Å². The molecule has 1 aliphatic carbocycles. The number of carbonyl (C=O) groups is 2. The van der Waals surface area contributed by atoms with Crippen LogP contribution in [0.15, 0.2) is 4.52 Å². The monoisotopic (exact) mass is 349 g/mol. The highest BCUT2D eigenvalue weighted by molar-refractivity contribution is 5.88. The van der Waals surface area contributed by atoms with Crippen LogP contribution in [0, 0.1) is 5.92 Å². The van der Waals surface area contributed by atoms with Crippen LogP contribution >= 0.6 is 0 Å². The maximum Gasteiger partial charge on any atom is 0.244 e. The van der Waals surface area contributed by atoms with Gasteiger partial charge in [-0.3, -0.25) is 14.5 Å². The summed E-state index contributed by atoms with van der Waals surface area (Å²) >= 11 is 0. The average molecular weight is 349 g/mol. The number of nitrogens with one attached hydrogen (secondary N) is 1. The highest BCUT2D eigenvalue weighted by atomic mass is 16.5. The minimum absolute atomic E-state index is 0.000142. The highest BCUT2D eigenvalue weighted by Crippen LogP contribution is 2.26. The lowest BCUT2D eigenvalue weighted by Crippen LogP contribution is -2.54. The summed E-state index contributed by atoms with van der Waals surface area (Å²) in [4.78, 5) is 32.9. The Bertz CT molecular complexity index is 605. The summed E-state index contributed by atoms with van der Waals surface area (Å²) in [5, 5.41) is 6.83. The summed E-state index contributed by atoms with van der Waals surface area (Å²) in [6.45, 7) is 7.24. The van der Waals surface area contributed by atoms with Crippen LogP contribution in [-0.2, 0) is 22.6 Å². The number of carbonyl (C=O) groups excluding carboxylic acids is 2. The first-order chi connectivity index (χ1) is 12.1. The van der Waals surface area contributed by atoms with E-state index in [2.05, 4.69) is 20.4 Å². The van der Waals surface area contributed by atoms with E-state index in [1.165, 1.54) is 0 Å². The molecule has 1 atom stereocenters. The molecule has 0 radical (unpaired) electrons. The third kappa shape index (κ3) is 4.36. The van der Waals surface area contributed by atoms with Crippen LogP contribution in [0.25, 0.3) is 0 Å². The lowest BCUT2D eigenvalue weighted by atomic mass is 9.84. The fourth-order valence-electron chi connectivity index (χ4n) is 3.16. The van der Waals surface area contributed by atoms with E-state index in [1.54, 1.807) is 6.92 Å². The zero-order chi connectivity index (χ0) is 17.8. The molecule has 0 aromatic carbocycles. The smallest absolute Gasteiger partial charge is 0.244 e. The highest BCUT2D eigenvalue weighted by Gasteiger charge is 2.30. The molecule has 0 spiro atoms. The molecule has 25 heavy (non-hydrogen) atoms.